The molecule has 0 aliphatic rings. The molecule has 3 heteroatoms. The van der Waals surface area contributed by atoms with Crippen LogP contribution in [0.5, 0.6) is 5.75 Å². The van der Waals surface area contributed by atoms with Crippen LogP contribution in [0.1, 0.15) is 0 Å². The molecule has 0 amide bonds. The van der Waals surface area contributed by atoms with Crippen molar-refractivity contribution in [2.75, 3.05) is 19.0 Å². The minimum absolute atomic E-state index is 0.359. The average Bonchev–Trinajstić information content (AvgIpc) is 1.94. The van der Waals surface area contributed by atoms with E-state index >= 15 is 0 Å². The van der Waals surface area contributed by atoms with Gasteiger partial charge in [0.2, 0.25) is 0 Å². The van der Waals surface area contributed by atoms with Gasteiger partial charge in [-0.15, -0.1) is 0 Å². The molecule has 60 valence electrons. The van der Waals surface area contributed by atoms with Crippen molar-refractivity contribution < 1.29 is 5.11 Å². The summed E-state index contributed by atoms with van der Waals surface area (Å²) in [6.45, 7) is 0. The summed E-state index contributed by atoms with van der Waals surface area (Å²) < 4.78 is 0.883. The highest BCUT2D eigenvalue weighted by Gasteiger charge is 2.04. The summed E-state index contributed by atoms with van der Waals surface area (Å²) >= 11 is 2.11. The van der Waals surface area contributed by atoms with Crippen molar-refractivity contribution in [2.45, 2.75) is 0 Å². The number of benzene rings is 1. The van der Waals surface area contributed by atoms with Gasteiger partial charge in [0.15, 0.2) is 5.75 Å². The van der Waals surface area contributed by atoms with Crippen molar-refractivity contribution in [3.05, 3.63) is 21.8 Å². The Kier molecular flexibility index (Phi) is 2.59. The Morgan fingerprint density at radius 1 is 1.36 bits per heavy atom. The van der Waals surface area contributed by atoms with E-state index in [1.165, 1.54) is 0 Å². The van der Waals surface area contributed by atoms with Crippen LogP contribution in [0.25, 0.3) is 0 Å². The Bertz CT molecular complexity index is 260. The van der Waals surface area contributed by atoms with Crippen molar-refractivity contribution in [1.82, 2.24) is 0 Å². The highest BCUT2D eigenvalue weighted by atomic mass is 127. The molecule has 0 saturated carbocycles. The molecule has 0 bridgehead atoms. The molecular weight excluding hydrogens is 253 g/mol. The van der Waals surface area contributed by atoms with Crippen LogP contribution in [0.2, 0.25) is 0 Å². The fourth-order valence-electron chi connectivity index (χ4n) is 0.865. The second kappa shape index (κ2) is 3.30. The van der Waals surface area contributed by atoms with Gasteiger partial charge in [-0.05, 0) is 34.7 Å². The molecule has 0 spiro atoms. The molecule has 0 fully saturated rings. The number of nitrogens with zero attached hydrogens (tertiary/aromatic N) is 1. The Morgan fingerprint density at radius 2 is 2.00 bits per heavy atom. The average molecular weight is 263 g/mol. The molecule has 0 unspecified atom stereocenters. The van der Waals surface area contributed by atoms with Gasteiger partial charge in [0, 0.05) is 14.1 Å². The third-order valence-electron chi connectivity index (χ3n) is 1.45. The van der Waals surface area contributed by atoms with Gasteiger partial charge in [-0.1, -0.05) is 6.07 Å². The predicted octanol–water partition coefficient (Wildman–Crippen LogP) is 2.06. The number of hydrogen-bond acceptors (Lipinski definition) is 2. The Balaban J connectivity index is 3.17. The largest absolute Gasteiger partial charge is 0.505 e. The lowest BCUT2D eigenvalue weighted by Gasteiger charge is -2.14. The van der Waals surface area contributed by atoms with Gasteiger partial charge in [0.25, 0.3) is 0 Å². The first-order valence-electron chi connectivity index (χ1n) is 3.27. The molecule has 1 N–H and O–H groups in total. The maximum Gasteiger partial charge on any atom is 0.152 e. The van der Waals surface area contributed by atoms with Gasteiger partial charge in [0.05, 0.1) is 9.26 Å². The highest BCUT2D eigenvalue weighted by Crippen LogP contribution is 2.29. The van der Waals surface area contributed by atoms with Gasteiger partial charge >= 0.3 is 0 Å². The SMILES string of the molecule is CN(C)c1cccc(I)c1O. The van der Waals surface area contributed by atoms with E-state index in [0.29, 0.717) is 5.75 Å². The predicted molar refractivity (Wildman–Crippen MR) is 55.2 cm³/mol. The van der Waals surface area contributed by atoms with Crippen LogP contribution < -0.4 is 4.90 Å². The van der Waals surface area contributed by atoms with Gasteiger partial charge in [0.1, 0.15) is 0 Å². The Labute approximate surface area is 80.0 Å². The summed E-state index contributed by atoms with van der Waals surface area (Å²) in [5, 5.41) is 9.52. The first-order chi connectivity index (χ1) is 5.13. The smallest absolute Gasteiger partial charge is 0.152 e. The van der Waals surface area contributed by atoms with Crippen LogP contribution >= 0.6 is 22.6 Å². The minimum Gasteiger partial charge on any atom is -0.505 e. The fourth-order valence-corrected chi connectivity index (χ4v) is 1.35. The minimum atomic E-state index is 0.359. The topological polar surface area (TPSA) is 23.5 Å². The summed E-state index contributed by atoms with van der Waals surface area (Å²) in [4.78, 5) is 1.89. The summed E-state index contributed by atoms with van der Waals surface area (Å²) in [7, 11) is 3.82. The van der Waals surface area contributed by atoms with Crippen molar-refractivity contribution in [1.29, 1.82) is 0 Å². The molecule has 0 atom stereocenters. The van der Waals surface area contributed by atoms with Crippen molar-refractivity contribution >= 4 is 28.3 Å². The third-order valence-corrected chi connectivity index (χ3v) is 2.32. The van der Waals surface area contributed by atoms with Gasteiger partial charge < -0.3 is 10.0 Å². The molecule has 0 radical (unpaired) electrons. The van der Waals surface area contributed by atoms with Crippen LogP contribution in [0.15, 0.2) is 18.2 Å². The number of rotatable bonds is 1. The van der Waals surface area contributed by atoms with E-state index in [0.717, 1.165) is 9.26 Å². The Hall–Kier alpha value is -0.450. The number of halogens is 1. The van der Waals surface area contributed by atoms with E-state index < -0.39 is 0 Å². The van der Waals surface area contributed by atoms with Crippen molar-refractivity contribution in [3.63, 3.8) is 0 Å². The lowest BCUT2D eigenvalue weighted by Crippen LogP contribution is -2.08. The zero-order chi connectivity index (χ0) is 8.43. The summed E-state index contributed by atoms with van der Waals surface area (Å²) in [5.74, 6) is 0.359. The second-order valence-corrected chi connectivity index (χ2v) is 3.66. The van der Waals surface area contributed by atoms with E-state index in [1.54, 1.807) is 0 Å². The van der Waals surface area contributed by atoms with E-state index in [-0.39, 0.29) is 0 Å². The molecule has 11 heavy (non-hydrogen) atoms. The Morgan fingerprint density at radius 3 is 2.45 bits per heavy atom. The van der Waals surface area contributed by atoms with Crippen LogP contribution in [0.3, 0.4) is 0 Å². The number of aromatic hydroxyl groups is 1. The lowest BCUT2D eigenvalue weighted by atomic mass is 10.3. The van der Waals surface area contributed by atoms with Crippen LogP contribution in [-0.4, -0.2) is 19.2 Å². The quantitative estimate of drug-likeness (QED) is 0.784. The third kappa shape index (κ3) is 1.77. The first-order valence-corrected chi connectivity index (χ1v) is 4.35. The molecule has 0 aromatic heterocycles. The zero-order valence-electron chi connectivity index (χ0n) is 6.50. The van der Waals surface area contributed by atoms with Crippen molar-refractivity contribution in [3.8, 4) is 5.75 Å². The van der Waals surface area contributed by atoms with Crippen LogP contribution in [0.4, 0.5) is 5.69 Å². The molecule has 1 aromatic rings. The first kappa shape index (κ1) is 8.64. The molecule has 0 saturated heterocycles. The van der Waals surface area contributed by atoms with Crippen LogP contribution in [-0.2, 0) is 0 Å². The molecule has 0 heterocycles. The van der Waals surface area contributed by atoms with E-state index in [4.69, 9.17) is 0 Å². The van der Waals surface area contributed by atoms with E-state index in [9.17, 15) is 5.11 Å². The van der Waals surface area contributed by atoms with Crippen LogP contribution in [0, 0.1) is 3.57 Å². The lowest BCUT2D eigenvalue weighted by molar-refractivity contribution is 0.472. The molecule has 0 aliphatic carbocycles. The number of para-hydroxylation sites is 1. The number of hydrogen-bond donors (Lipinski definition) is 1. The number of anilines is 1. The van der Waals surface area contributed by atoms with Gasteiger partial charge in [-0.3, -0.25) is 0 Å². The zero-order valence-corrected chi connectivity index (χ0v) is 8.66. The highest BCUT2D eigenvalue weighted by molar-refractivity contribution is 14.1. The summed E-state index contributed by atoms with van der Waals surface area (Å²) in [6, 6.07) is 5.69. The fraction of sp³-hybridized carbons (Fsp3) is 0.250. The molecular formula is C8H10INO. The van der Waals surface area contributed by atoms with Crippen molar-refractivity contribution in [2.24, 2.45) is 0 Å². The molecule has 2 nitrogen and oxygen atoms in total. The number of phenolic OH excluding ortho intramolecular Hbond substituents is 1. The van der Waals surface area contributed by atoms with E-state index in [1.807, 2.05) is 37.2 Å². The molecule has 1 aromatic carbocycles. The molecule has 1 rings (SSSR count). The maximum atomic E-state index is 9.52. The van der Waals surface area contributed by atoms with Gasteiger partial charge in [-0.25, -0.2) is 0 Å². The summed E-state index contributed by atoms with van der Waals surface area (Å²) in [6.07, 6.45) is 0. The standard InChI is InChI=1S/C8H10INO/c1-10(2)7-5-3-4-6(9)8(7)11/h3-5,11H,1-2H3. The number of phenols is 1. The van der Waals surface area contributed by atoms with E-state index in [2.05, 4.69) is 22.6 Å². The normalized spacial score (nSPS) is 9.73. The maximum absolute atomic E-state index is 9.52. The van der Waals surface area contributed by atoms with Gasteiger partial charge in [-0.2, -0.15) is 0 Å². The molecule has 0 aliphatic heterocycles. The summed E-state index contributed by atoms with van der Waals surface area (Å²) in [5.41, 5.74) is 0.858. The monoisotopic (exact) mass is 263 g/mol. The second-order valence-electron chi connectivity index (χ2n) is 2.50.